The lowest BCUT2D eigenvalue weighted by Crippen LogP contribution is -2.22. The summed E-state index contributed by atoms with van der Waals surface area (Å²) in [4.78, 5) is 12.6. The monoisotopic (exact) mass is 364 g/mol. The number of hydrogen-bond acceptors (Lipinski definition) is 4. The Morgan fingerprint density at radius 2 is 1.90 bits per heavy atom. The highest BCUT2D eigenvalue weighted by atomic mass is 35.5. The largest absolute Gasteiger partial charge is 0.347 e. The third kappa shape index (κ3) is 4.18. The summed E-state index contributed by atoms with van der Waals surface area (Å²) in [6.07, 6.45) is 0. The van der Waals surface area contributed by atoms with Gasteiger partial charge in [-0.05, 0) is 30.3 Å². The first-order valence-corrected chi connectivity index (χ1v) is 8.74. The Labute approximate surface area is 135 Å². The summed E-state index contributed by atoms with van der Waals surface area (Å²) in [6.45, 7) is 0.194. The van der Waals surface area contributed by atoms with Crippen molar-refractivity contribution in [3.63, 3.8) is 0 Å². The van der Waals surface area contributed by atoms with E-state index in [1.807, 2.05) is 0 Å². The molecule has 0 aliphatic heterocycles. The Hall–Kier alpha value is -1.12. The number of nitrogens with two attached hydrogens (primary N) is 1. The molecule has 2 aromatic rings. The van der Waals surface area contributed by atoms with Crippen molar-refractivity contribution in [3.05, 3.63) is 50.8 Å². The molecule has 0 spiro atoms. The summed E-state index contributed by atoms with van der Waals surface area (Å²) in [5.41, 5.74) is 0.368. The molecule has 9 heteroatoms. The van der Waals surface area contributed by atoms with E-state index in [2.05, 4.69) is 5.32 Å². The molecule has 1 heterocycles. The molecule has 0 saturated heterocycles. The van der Waals surface area contributed by atoms with E-state index in [9.17, 15) is 13.2 Å². The zero-order chi connectivity index (χ0) is 15.6. The zero-order valence-corrected chi connectivity index (χ0v) is 13.6. The number of primary sulfonamides is 1. The first-order chi connectivity index (χ1) is 9.77. The lowest BCUT2D eigenvalue weighted by molar-refractivity contribution is 0.0951. The molecule has 0 aliphatic carbocycles. The highest BCUT2D eigenvalue weighted by Crippen LogP contribution is 2.23. The lowest BCUT2D eigenvalue weighted by Gasteiger charge is -2.04. The summed E-state index contributed by atoms with van der Waals surface area (Å²) in [5.74, 6) is -0.334. The quantitative estimate of drug-likeness (QED) is 0.873. The van der Waals surface area contributed by atoms with E-state index < -0.39 is 10.0 Å². The number of benzene rings is 1. The van der Waals surface area contributed by atoms with Crippen molar-refractivity contribution in [1.82, 2.24) is 5.32 Å². The average Bonchev–Trinajstić information content (AvgIpc) is 2.88. The summed E-state index contributed by atoms with van der Waals surface area (Å²) in [7, 11) is -3.71. The highest BCUT2D eigenvalue weighted by molar-refractivity contribution is 7.91. The number of sulfonamides is 1. The van der Waals surface area contributed by atoms with Crippen LogP contribution in [0.3, 0.4) is 0 Å². The third-order valence-corrected chi connectivity index (χ3v) is 5.79. The van der Waals surface area contributed by atoms with Crippen LogP contribution >= 0.6 is 34.5 Å². The molecule has 0 radical (unpaired) electrons. The molecule has 0 aliphatic rings. The number of amides is 1. The van der Waals surface area contributed by atoms with Crippen LogP contribution in [0.5, 0.6) is 0 Å². The van der Waals surface area contributed by atoms with E-state index in [-0.39, 0.29) is 21.7 Å². The van der Waals surface area contributed by atoms with Crippen molar-refractivity contribution < 1.29 is 13.2 Å². The SMILES string of the molecule is NS(=O)(=O)c1ccc(CNC(=O)c2ccc(Cl)c(Cl)c2)s1. The number of carbonyl (C=O) groups is 1. The number of nitrogens with one attached hydrogen (secondary N) is 1. The Morgan fingerprint density at radius 3 is 2.48 bits per heavy atom. The van der Waals surface area contributed by atoms with Crippen LogP contribution in [0.1, 0.15) is 15.2 Å². The van der Waals surface area contributed by atoms with Crippen LogP contribution < -0.4 is 10.5 Å². The van der Waals surface area contributed by atoms with Crippen molar-refractivity contribution >= 4 is 50.5 Å². The zero-order valence-electron chi connectivity index (χ0n) is 10.5. The minimum Gasteiger partial charge on any atom is -0.347 e. The number of hydrogen-bond donors (Lipinski definition) is 2. The maximum atomic E-state index is 11.9. The van der Waals surface area contributed by atoms with E-state index in [1.54, 1.807) is 12.1 Å². The van der Waals surface area contributed by atoms with E-state index >= 15 is 0 Å². The van der Waals surface area contributed by atoms with E-state index in [0.29, 0.717) is 15.5 Å². The van der Waals surface area contributed by atoms with Crippen LogP contribution in [0.25, 0.3) is 0 Å². The van der Waals surface area contributed by atoms with Gasteiger partial charge in [0.1, 0.15) is 4.21 Å². The fourth-order valence-electron chi connectivity index (χ4n) is 1.51. The first kappa shape index (κ1) is 16.3. The Balaban J connectivity index is 2.04. The molecule has 0 fully saturated rings. The van der Waals surface area contributed by atoms with E-state index in [0.717, 1.165) is 11.3 Å². The summed E-state index contributed by atoms with van der Waals surface area (Å²) in [6, 6.07) is 7.54. The topological polar surface area (TPSA) is 89.3 Å². The van der Waals surface area contributed by atoms with Crippen LogP contribution in [0.2, 0.25) is 10.0 Å². The van der Waals surface area contributed by atoms with Crippen LogP contribution in [-0.4, -0.2) is 14.3 Å². The second kappa shape index (κ2) is 6.33. The summed E-state index contributed by atoms with van der Waals surface area (Å²) < 4.78 is 22.4. The maximum absolute atomic E-state index is 11.9. The Bertz CT molecular complexity index is 788. The molecule has 112 valence electrons. The Kier molecular flexibility index (Phi) is 4.90. The molecule has 3 N–H and O–H groups in total. The summed E-state index contributed by atoms with van der Waals surface area (Å²) >= 11 is 12.6. The normalized spacial score (nSPS) is 11.4. The number of rotatable bonds is 4. The minimum absolute atomic E-state index is 0.0567. The van der Waals surface area contributed by atoms with Crippen LogP contribution in [0.15, 0.2) is 34.5 Å². The van der Waals surface area contributed by atoms with Gasteiger partial charge in [0.05, 0.1) is 16.6 Å². The van der Waals surface area contributed by atoms with Crippen LogP contribution in [0, 0.1) is 0 Å². The average molecular weight is 365 g/mol. The first-order valence-electron chi connectivity index (χ1n) is 5.62. The fraction of sp³-hybridized carbons (Fsp3) is 0.0833. The third-order valence-electron chi connectivity index (χ3n) is 2.52. The predicted octanol–water partition coefficient (Wildman–Crippen LogP) is 2.63. The second-order valence-electron chi connectivity index (χ2n) is 4.08. The molecular formula is C12H10Cl2N2O3S2. The maximum Gasteiger partial charge on any atom is 0.251 e. The molecule has 0 bridgehead atoms. The van der Waals surface area contributed by atoms with Crippen molar-refractivity contribution in [2.24, 2.45) is 5.14 Å². The van der Waals surface area contributed by atoms with Crippen molar-refractivity contribution in [1.29, 1.82) is 0 Å². The highest BCUT2D eigenvalue weighted by Gasteiger charge is 2.12. The molecular weight excluding hydrogens is 355 g/mol. The van der Waals surface area contributed by atoms with Gasteiger partial charge in [0, 0.05) is 10.4 Å². The smallest absolute Gasteiger partial charge is 0.251 e. The summed E-state index contributed by atoms with van der Waals surface area (Å²) in [5, 5.41) is 8.33. The predicted molar refractivity (Wildman–Crippen MR) is 83.3 cm³/mol. The van der Waals surface area contributed by atoms with Crippen molar-refractivity contribution in [2.75, 3.05) is 0 Å². The molecule has 21 heavy (non-hydrogen) atoms. The number of halogens is 2. The molecule has 0 atom stereocenters. The van der Waals surface area contributed by atoms with Gasteiger partial charge < -0.3 is 5.32 Å². The van der Waals surface area contributed by atoms with Crippen LogP contribution in [0.4, 0.5) is 0 Å². The van der Waals surface area contributed by atoms with E-state index in [1.165, 1.54) is 18.2 Å². The minimum atomic E-state index is -3.71. The molecule has 5 nitrogen and oxygen atoms in total. The molecule has 2 rings (SSSR count). The van der Waals surface area contributed by atoms with Crippen LogP contribution in [-0.2, 0) is 16.6 Å². The molecule has 1 amide bonds. The molecule has 0 unspecified atom stereocenters. The van der Waals surface area contributed by atoms with Gasteiger partial charge in [0.2, 0.25) is 10.0 Å². The van der Waals surface area contributed by atoms with Gasteiger partial charge in [-0.1, -0.05) is 23.2 Å². The second-order valence-corrected chi connectivity index (χ2v) is 7.85. The molecule has 0 saturated carbocycles. The standard InChI is InChI=1S/C12H10Cl2N2O3S2/c13-9-3-1-7(5-10(9)14)12(17)16-6-8-2-4-11(20-8)21(15,18)19/h1-5H,6H2,(H,16,17)(H2,15,18,19). The Morgan fingerprint density at radius 1 is 1.19 bits per heavy atom. The van der Waals surface area contributed by atoms with Gasteiger partial charge >= 0.3 is 0 Å². The number of carbonyl (C=O) groups excluding carboxylic acids is 1. The van der Waals surface area contributed by atoms with Gasteiger partial charge in [-0.3, -0.25) is 4.79 Å². The fourth-order valence-corrected chi connectivity index (χ4v) is 3.53. The van der Waals surface area contributed by atoms with Crippen molar-refractivity contribution in [3.8, 4) is 0 Å². The van der Waals surface area contributed by atoms with Gasteiger partial charge in [-0.2, -0.15) is 0 Å². The van der Waals surface area contributed by atoms with E-state index in [4.69, 9.17) is 28.3 Å². The van der Waals surface area contributed by atoms with Gasteiger partial charge in [0.25, 0.3) is 5.91 Å². The van der Waals surface area contributed by atoms with Gasteiger partial charge in [-0.25, -0.2) is 13.6 Å². The van der Waals surface area contributed by atoms with Crippen molar-refractivity contribution in [2.45, 2.75) is 10.8 Å². The van der Waals surface area contributed by atoms with Gasteiger partial charge in [0.15, 0.2) is 0 Å². The van der Waals surface area contributed by atoms with Gasteiger partial charge in [-0.15, -0.1) is 11.3 Å². The molecule has 1 aromatic heterocycles. The number of thiophene rings is 1. The lowest BCUT2D eigenvalue weighted by atomic mass is 10.2. The molecule has 1 aromatic carbocycles.